The summed E-state index contributed by atoms with van der Waals surface area (Å²) in [6.07, 6.45) is 4.12. The van der Waals surface area contributed by atoms with E-state index in [-0.39, 0.29) is 11.7 Å². The van der Waals surface area contributed by atoms with Crippen LogP contribution in [-0.2, 0) is 13.5 Å². The number of hydrogen-bond donors (Lipinski definition) is 0. The Morgan fingerprint density at radius 1 is 1.16 bits per heavy atom. The standard InChI is InChI=1S/C18H19N5O2/c1-21-14-12-19-15(11-13-7-3-2-4-8-13)20-16(14)23(17(21)24)18(25)22-9-5-6-10-22/h2-4,7-8,12H,5-6,9-11H2,1H3. The van der Waals surface area contributed by atoms with Gasteiger partial charge in [-0.2, -0.15) is 4.57 Å². The summed E-state index contributed by atoms with van der Waals surface area (Å²) >= 11 is 0. The van der Waals surface area contributed by atoms with Crippen LogP contribution in [0.3, 0.4) is 0 Å². The molecule has 4 rings (SSSR count). The van der Waals surface area contributed by atoms with E-state index >= 15 is 0 Å². The van der Waals surface area contributed by atoms with Crippen LogP contribution in [0.2, 0.25) is 0 Å². The molecule has 7 heteroatoms. The molecule has 128 valence electrons. The van der Waals surface area contributed by atoms with Crippen molar-refractivity contribution in [3.63, 3.8) is 0 Å². The number of carbonyl (C=O) groups excluding carboxylic acids is 1. The van der Waals surface area contributed by atoms with E-state index in [1.165, 1.54) is 9.13 Å². The normalized spacial score (nSPS) is 14.4. The van der Waals surface area contributed by atoms with Crippen LogP contribution in [0.25, 0.3) is 11.2 Å². The molecule has 25 heavy (non-hydrogen) atoms. The number of carbonyl (C=O) groups is 1. The molecule has 0 spiro atoms. The van der Waals surface area contributed by atoms with Crippen molar-refractivity contribution in [1.29, 1.82) is 0 Å². The summed E-state index contributed by atoms with van der Waals surface area (Å²) in [4.78, 5) is 35.9. The van der Waals surface area contributed by atoms with E-state index in [0.717, 1.165) is 18.4 Å². The zero-order valence-electron chi connectivity index (χ0n) is 14.1. The largest absolute Gasteiger partial charge is 0.338 e. The summed E-state index contributed by atoms with van der Waals surface area (Å²) in [6, 6.07) is 9.59. The second-order valence-electron chi connectivity index (χ2n) is 6.31. The molecule has 0 unspecified atom stereocenters. The number of likely N-dealkylation sites (tertiary alicyclic amines) is 1. The van der Waals surface area contributed by atoms with Crippen molar-refractivity contribution < 1.29 is 4.79 Å². The Morgan fingerprint density at radius 3 is 2.60 bits per heavy atom. The van der Waals surface area contributed by atoms with Crippen molar-refractivity contribution in [1.82, 2.24) is 24.0 Å². The fourth-order valence-corrected chi connectivity index (χ4v) is 3.23. The van der Waals surface area contributed by atoms with Crippen LogP contribution in [0.5, 0.6) is 0 Å². The van der Waals surface area contributed by atoms with Gasteiger partial charge in [0.1, 0.15) is 11.3 Å². The summed E-state index contributed by atoms with van der Waals surface area (Å²) in [5.41, 5.74) is 1.65. The van der Waals surface area contributed by atoms with Gasteiger partial charge in [0.15, 0.2) is 5.65 Å². The highest BCUT2D eigenvalue weighted by molar-refractivity contribution is 5.87. The summed E-state index contributed by atoms with van der Waals surface area (Å²) in [6.45, 7) is 1.37. The third-order valence-corrected chi connectivity index (χ3v) is 4.62. The molecule has 1 aliphatic heterocycles. The average molecular weight is 337 g/mol. The van der Waals surface area contributed by atoms with Gasteiger partial charge in [0.25, 0.3) is 0 Å². The lowest BCUT2D eigenvalue weighted by Crippen LogP contribution is -2.38. The maximum atomic E-state index is 12.8. The van der Waals surface area contributed by atoms with Crippen LogP contribution >= 0.6 is 0 Å². The van der Waals surface area contributed by atoms with Gasteiger partial charge in [-0.3, -0.25) is 4.57 Å². The Bertz CT molecular complexity index is 984. The van der Waals surface area contributed by atoms with Gasteiger partial charge in [-0.25, -0.2) is 19.6 Å². The molecule has 3 heterocycles. The van der Waals surface area contributed by atoms with Crippen molar-refractivity contribution in [2.24, 2.45) is 7.05 Å². The number of aryl methyl sites for hydroxylation is 1. The minimum atomic E-state index is -0.377. The van der Waals surface area contributed by atoms with Gasteiger partial charge in [0.05, 0.1) is 6.20 Å². The second kappa shape index (κ2) is 6.16. The Hall–Kier alpha value is -2.96. The van der Waals surface area contributed by atoms with Gasteiger partial charge in [-0.15, -0.1) is 0 Å². The highest BCUT2D eigenvalue weighted by Crippen LogP contribution is 2.15. The van der Waals surface area contributed by atoms with Gasteiger partial charge in [-0.1, -0.05) is 30.3 Å². The lowest BCUT2D eigenvalue weighted by atomic mass is 10.1. The molecule has 0 radical (unpaired) electrons. The monoisotopic (exact) mass is 337 g/mol. The smallest absolute Gasteiger partial charge is 0.324 e. The fraction of sp³-hybridized carbons (Fsp3) is 0.333. The number of nitrogens with zero attached hydrogens (tertiary/aromatic N) is 5. The first-order valence-corrected chi connectivity index (χ1v) is 8.42. The second-order valence-corrected chi connectivity index (χ2v) is 6.31. The zero-order valence-corrected chi connectivity index (χ0v) is 14.1. The molecule has 0 N–H and O–H groups in total. The van der Waals surface area contributed by atoms with Crippen LogP contribution < -0.4 is 5.69 Å². The van der Waals surface area contributed by atoms with Gasteiger partial charge >= 0.3 is 11.7 Å². The molecule has 0 saturated carbocycles. The molecular formula is C18H19N5O2. The Balaban J connectivity index is 1.79. The van der Waals surface area contributed by atoms with Gasteiger partial charge in [-0.05, 0) is 18.4 Å². The van der Waals surface area contributed by atoms with E-state index in [4.69, 9.17) is 0 Å². The first kappa shape index (κ1) is 15.6. The van der Waals surface area contributed by atoms with E-state index in [2.05, 4.69) is 9.97 Å². The van der Waals surface area contributed by atoms with Crippen molar-refractivity contribution in [3.05, 3.63) is 58.4 Å². The predicted molar refractivity (Wildman–Crippen MR) is 93.6 cm³/mol. The Labute approximate surface area is 144 Å². The number of amides is 1. The highest BCUT2D eigenvalue weighted by atomic mass is 16.2. The first-order chi connectivity index (χ1) is 12.1. The molecule has 1 amide bonds. The molecule has 1 fully saturated rings. The molecule has 2 aromatic heterocycles. The third-order valence-electron chi connectivity index (χ3n) is 4.62. The topological polar surface area (TPSA) is 73.0 Å². The molecule has 0 bridgehead atoms. The van der Waals surface area contributed by atoms with Crippen molar-refractivity contribution in [2.75, 3.05) is 13.1 Å². The molecule has 3 aromatic rings. The number of aromatic nitrogens is 4. The van der Waals surface area contributed by atoms with Crippen LogP contribution in [0.15, 0.2) is 41.3 Å². The zero-order chi connectivity index (χ0) is 17.4. The van der Waals surface area contributed by atoms with Crippen LogP contribution in [0, 0.1) is 0 Å². The molecule has 0 atom stereocenters. The molecular weight excluding hydrogens is 318 g/mol. The van der Waals surface area contributed by atoms with E-state index < -0.39 is 0 Å². The van der Waals surface area contributed by atoms with Crippen molar-refractivity contribution >= 4 is 17.2 Å². The SMILES string of the molecule is Cn1c(=O)n(C(=O)N2CCCC2)c2nc(Cc3ccccc3)ncc21. The number of hydrogen-bond acceptors (Lipinski definition) is 4. The summed E-state index contributed by atoms with van der Waals surface area (Å²) in [7, 11) is 1.64. The minimum Gasteiger partial charge on any atom is -0.324 e. The Morgan fingerprint density at radius 2 is 1.88 bits per heavy atom. The molecule has 7 nitrogen and oxygen atoms in total. The quantitative estimate of drug-likeness (QED) is 0.714. The fourth-order valence-electron chi connectivity index (χ4n) is 3.23. The van der Waals surface area contributed by atoms with Crippen molar-refractivity contribution in [3.8, 4) is 0 Å². The lowest BCUT2D eigenvalue weighted by molar-refractivity contribution is 0.210. The van der Waals surface area contributed by atoms with Gasteiger partial charge in [0, 0.05) is 26.6 Å². The van der Waals surface area contributed by atoms with Gasteiger partial charge < -0.3 is 4.90 Å². The van der Waals surface area contributed by atoms with Crippen LogP contribution in [0.4, 0.5) is 4.79 Å². The van der Waals surface area contributed by atoms with Crippen LogP contribution in [0.1, 0.15) is 24.2 Å². The minimum absolute atomic E-state index is 0.294. The maximum absolute atomic E-state index is 12.8. The summed E-state index contributed by atoms with van der Waals surface area (Å²) in [5, 5.41) is 0. The van der Waals surface area contributed by atoms with Crippen molar-refractivity contribution in [2.45, 2.75) is 19.3 Å². The summed E-state index contributed by atoms with van der Waals surface area (Å²) in [5.74, 6) is 0.590. The molecule has 1 aliphatic rings. The van der Waals surface area contributed by atoms with E-state index in [9.17, 15) is 9.59 Å². The number of fused-ring (bicyclic) bond motifs is 1. The predicted octanol–water partition coefficient (Wildman–Crippen LogP) is 1.78. The third kappa shape index (κ3) is 2.71. The first-order valence-electron chi connectivity index (χ1n) is 8.42. The van der Waals surface area contributed by atoms with Crippen LogP contribution in [-0.4, -0.2) is 43.1 Å². The van der Waals surface area contributed by atoms with E-state index in [1.807, 2.05) is 30.3 Å². The summed E-state index contributed by atoms with van der Waals surface area (Å²) < 4.78 is 2.60. The number of imidazole rings is 1. The Kier molecular flexibility index (Phi) is 3.83. The van der Waals surface area contributed by atoms with Gasteiger partial charge in [0.2, 0.25) is 0 Å². The maximum Gasteiger partial charge on any atom is 0.338 e. The highest BCUT2D eigenvalue weighted by Gasteiger charge is 2.25. The molecule has 1 aromatic carbocycles. The number of benzene rings is 1. The lowest BCUT2D eigenvalue weighted by Gasteiger charge is -2.14. The molecule has 0 aliphatic carbocycles. The average Bonchev–Trinajstić information content (AvgIpc) is 3.24. The van der Waals surface area contributed by atoms with E-state index in [1.54, 1.807) is 18.1 Å². The molecule has 1 saturated heterocycles. The van der Waals surface area contributed by atoms with E-state index in [0.29, 0.717) is 36.5 Å². The number of rotatable bonds is 2.